The van der Waals surface area contributed by atoms with Gasteiger partial charge in [-0.25, -0.2) is 4.99 Å². The van der Waals surface area contributed by atoms with Gasteiger partial charge in [0.25, 0.3) is 0 Å². The van der Waals surface area contributed by atoms with Crippen LogP contribution in [0.4, 0.5) is 17.1 Å². The SMILES string of the molecule is CCN(C)/C=N\c1cc(Cl)c(N(C)c2ccc(Cl)cc2)cc1Cl. The van der Waals surface area contributed by atoms with Crippen LogP contribution in [0, 0.1) is 0 Å². The van der Waals surface area contributed by atoms with Gasteiger partial charge in [0.15, 0.2) is 0 Å². The van der Waals surface area contributed by atoms with Gasteiger partial charge in [-0.15, -0.1) is 0 Å². The molecule has 0 saturated heterocycles. The topological polar surface area (TPSA) is 18.8 Å². The second kappa shape index (κ2) is 7.91. The summed E-state index contributed by atoms with van der Waals surface area (Å²) in [5.41, 5.74) is 2.42. The van der Waals surface area contributed by atoms with Gasteiger partial charge in [0.05, 0.1) is 27.8 Å². The number of hydrogen-bond donors (Lipinski definition) is 0. The van der Waals surface area contributed by atoms with E-state index in [-0.39, 0.29) is 0 Å². The van der Waals surface area contributed by atoms with Crippen molar-refractivity contribution in [3.63, 3.8) is 0 Å². The molecule has 0 spiro atoms. The molecule has 0 saturated carbocycles. The Morgan fingerprint density at radius 3 is 2.26 bits per heavy atom. The molecule has 2 aromatic carbocycles. The second-order valence-corrected chi connectivity index (χ2v) is 6.36. The Kier molecular flexibility index (Phi) is 6.17. The molecule has 6 heteroatoms. The third-order valence-corrected chi connectivity index (χ3v) is 4.34. The summed E-state index contributed by atoms with van der Waals surface area (Å²) in [5, 5.41) is 1.82. The van der Waals surface area contributed by atoms with Gasteiger partial charge in [0.2, 0.25) is 0 Å². The van der Waals surface area contributed by atoms with Crippen molar-refractivity contribution < 1.29 is 0 Å². The Labute approximate surface area is 152 Å². The first-order valence-corrected chi connectivity index (χ1v) is 8.28. The van der Waals surface area contributed by atoms with Crippen molar-refractivity contribution in [1.82, 2.24) is 4.90 Å². The summed E-state index contributed by atoms with van der Waals surface area (Å²) in [6.45, 7) is 2.91. The summed E-state index contributed by atoms with van der Waals surface area (Å²) < 4.78 is 0. The number of hydrogen-bond acceptors (Lipinski definition) is 2. The van der Waals surface area contributed by atoms with Crippen LogP contribution in [-0.4, -0.2) is 31.9 Å². The molecule has 0 aliphatic rings. The Balaban J connectivity index is 2.32. The van der Waals surface area contributed by atoms with E-state index in [1.807, 2.05) is 61.2 Å². The molecule has 0 amide bonds. The fourth-order valence-corrected chi connectivity index (χ4v) is 2.55. The molecule has 2 aromatic rings. The zero-order valence-electron chi connectivity index (χ0n) is 13.2. The van der Waals surface area contributed by atoms with Crippen molar-refractivity contribution in [1.29, 1.82) is 0 Å². The van der Waals surface area contributed by atoms with E-state index in [0.717, 1.165) is 17.9 Å². The van der Waals surface area contributed by atoms with Crippen LogP contribution in [0.2, 0.25) is 15.1 Å². The van der Waals surface area contributed by atoms with Gasteiger partial charge in [0.1, 0.15) is 0 Å². The lowest BCUT2D eigenvalue weighted by Gasteiger charge is -2.21. The number of anilines is 2. The monoisotopic (exact) mass is 369 g/mol. The van der Waals surface area contributed by atoms with E-state index in [0.29, 0.717) is 20.8 Å². The molecule has 0 bridgehead atoms. The van der Waals surface area contributed by atoms with Crippen LogP contribution in [0.5, 0.6) is 0 Å². The van der Waals surface area contributed by atoms with Crippen LogP contribution in [0.15, 0.2) is 41.4 Å². The fraction of sp³-hybridized carbons (Fsp3) is 0.235. The first-order valence-electron chi connectivity index (χ1n) is 7.15. The summed E-state index contributed by atoms with van der Waals surface area (Å²) in [4.78, 5) is 8.28. The van der Waals surface area contributed by atoms with Crippen molar-refractivity contribution in [2.24, 2.45) is 4.99 Å². The van der Waals surface area contributed by atoms with Gasteiger partial charge in [0, 0.05) is 31.4 Å². The van der Waals surface area contributed by atoms with Gasteiger partial charge in [-0.1, -0.05) is 34.8 Å². The molecule has 0 radical (unpaired) electrons. The molecule has 0 aliphatic heterocycles. The Hall–Kier alpha value is -1.42. The van der Waals surface area contributed by atoms with Crippen LogP contribution < -0.4 is 4.90 Å². The maximum absolute atomic E-state index is 6.41. The normalized spacial score (nSPS) is 11.0. The molecule has 23 heavy (non-hydrogen) atoms. The molecule has 2 rings (SSSR count). The maximum atomic E-state index is 6.41. The Morgan fingerprint density at radius 2 is 1.65 bits per heavy atom. The van der Waals surface area contributed by atoms with Crippen molar-refractivity contribution in [2.45, 2.75) is 6.92 Å². The molecule has 0 heterocycles. The molecule has 0 N–H and O–H groups in total. The van der Waals surface area contributed by atoms with Gasteiger partial charge in [-0.2, -0.15) is 0 Å². The third kappa shape index (κ3) is 4.54. The van der Waals surface area contributed by atoms with Crippen LogP contribution in [0.25, 0.3) is 0 Å². The zero-order chi connectivity index (χ0) is 17.0. The van der Waals surface area contributed by atoms with Gasteiger partial charge >= 0.3 is 0 Å². The lowest BCUT2D eigenvalue weighted by Crippen LogP contribution is -2.14. The summed E-state index contributed by atoms with van der Waals surface area (Å²) >= 11 is 18.7. The first-order chi connectivity index (χ1) is 10.9. The van der Waals surface area contributed by atoms with E-state index in [4.69, 9.17) is 34.8 Å². The van der Waals surface area contributed by atoms with E-state index in [2.05, 4.69) is 4.99 Å². The molecule has 0 atom stereocenters. The van der Waals surface area contributed by atoms with E-state index >= 15 is 0 Å². The Morgan fingerprint density at radius 1 is 1.00 bits per heavy atom. The van der Waals surface area contributed by atoms with E-state index in [1.54, 1.807) is 12.4 Å². The van der Waals surface area contributed by atoms with E-state index in [1.165, 1.54) is 0 Å². The predicted octanol–water partition coefficient (Wildman–Crippen LogP) is 6.03. The van der Waals surface area contributed by atoms with E-state index in [9.17, 15) is 0 Å². The van der Waals surface area contributed by atoms with Crippen molar-refractivity contribution in [2.75, 3.05) is 25.5 Å². The van der Waals surface area contributed by atoms with E-state index < -0.39 is 0 Å². The number of nitrogens with zero attached hydrogens (tertiary/aromatic N) is 3. The van der Waals surface area contributed by atoms with Crippen molar-refractivity contribution in [3.8, 4) is 0 Å². The van der Waals surface area contributed by atoms with Gasteiger partial charge in [-0.3, -0.25) is 0 Å². The molecule has 0 fully saturated rings. The fourth-order valence-electron chi connectivity index (χ4n) is 1.93. The summed E-state index contributed by atoms with van der Waals surface area (Å²) in [6.07, 6.45) is 1.74. The highest BCUT2D eigenvalue weighted by Gasteiger charge is 2.12. The molecule has 0 unspecified atom stereocenters. The standard InChI is InChI=1S/C17H18Cl3N3/c1-4-22(2)11-21-16-9-15(20)17(10-14(16)19)23(3)13-7-5-12(18)6-8-13/h5-11H,4H2,1-3H3/b21-11-. The number of aliphatic imine (C=N–C) groups is 1. The molecule has 122 valence electrons. The highest BCUT2D eigenvalue weighted by atomic mass is 35.5. The third-order valence-electron chi connectivity index (χ3n) is 3.48. The smallest absolute Gasteiger partial charge is 0.0910 e. The lowest BCUT2D eigenvalue weighted by molar-refractivity contribution is 0.552. The number of benzene rings is 2. The van der Waals surface area contributed by atoms with Crippen LogP contribution >= 0.6 is 34.8 Å². The highest BCUT2D eigenvalue weighted by Crippen LogP contribution is 2.38. The first kappa shape index (κ1) is 17.9. The van der Waals surface area contributed by atoms with Crippen LogP contribution in [0.1, 0.15) is 6.92 Å². The lowest BCUT2D eigenvalue weighted by atomic mass is 10.2. The van der Waals surface area contributed by atoms with Crippen LogP contribution in [-0.2, 0) is 0 Å². The molecule has 3 nitrogen and oxygen atoms in total. The minimum Gasteiger partial charge on any atom is -0.366 e. The summed E-state index contributed by atoms with van der Waals surface area (Å²) in [6, 6.07) is 11.1. The number of halogens is 3. The summed E-state index contributed by atoms with van der Waals surface area (Å²) in [7, 11) is 3.87. The molecule has 0 aliphatic carbocycles. The Bertz CT molecular complexity index is 699. The molecular formula is C17H18Cl3N3. The second-order valence-electron chi connectivity index (χ2n) is 5.11. The molecular weight excluding hydrogens is 353 g/mol. The summed E-state index contributed by atoms with van der Waals surface area (Å²) in [5.74, 6) is 0. The van der Waals surface area contributed by atoms with Gasteiger partial charge in [-0.05, 0) is 43.3 Å². The van der Waals surface area contributed by atoms with Crippen molar-refractivity contribution in [3.05, 3.63) is 51.5 Å². The predicted molar refractivity (Wildman–Crippen MR) is 102 cm³/mol. The average molecular weight is 371 g/mol. The minimum absolute atomic E-state index is 0.547. The van der Waals surface area contributed by atoms with Crippen molar-refractivity contribution >= 4 is 58.2 Å². The quantitative estimate of drug-likeness (QED) is 0.473. The zero-order valence-corrected chi connectivity index (χ0v) is 15.5. The largest absolute Gasteiger partial charge is 0.366 e. The average Bonchev–Trinajstić information content (AvgIpc) is 2.55. The maximum Gasteiger partial charge on any atom is 0.0910 e. The highest BCUT2D eigenvalue weighted by molar-refractivity contribution is 6.37. The minimum atomic E-state index is 0.547. The number of rotatable bonds is 5. The molecule has 0 aromatic heterocycles. The van der Waals surface area contributed by atoms with Crippen LogP contribution in [0.3, 0.4) is 0 Å². The van der Waals surface area contributed by atoms with Gasteiger partial charge < -0.3 is 9.80 Å².